The van der Waals surface area contributed by atoms with Crippen molar-refractivity contribution in [2.45, 2.75) is 148 Å². The van der Waals surface area contributed by atoms with Gasteiger partial charge in [-0.15, -0.1) is 0 Å². The molecule has 0 rings (SSSR count). The fourth-order valence-corrected chi connectivity index (χ4v) is 5.19. The van der Waals surface area contributed by atoms with E-state index in [2.05, 4.69) is 19.2 Å². The third-order valence-corrected chi connectivity index (χ3v) is 8.09. The molecule has 0 heterocycles. The van der Waals surface area contributed by atoms with Gasteiger partial charge in [0, 0.05) is 6.42 Å². The number of likely N-dealkylation sites (N-methyl/N-ethyl adjacent to an activating group) is 1. The van der Waals surface area contributed by atoms with Gasteiger partial charge in [-0.2, -0.15) is 0 Å². The molecule has 8 nitrogen and oxygen atoms in total. The van der Waals surface area contributed by atoms with Crippen molar-refractivity contribution in [3.63, 3.8) is 0 Å². The average molecular weight is 580 g/mol. The molecule has 39 heavy (non-hydrogen) atoms. The number of rotatable bonds is 28. The summed E-state index contributed by atoms with van der Waals surface area (Å²) < 4.78 is 23.3. The van der Waals surface area contributed by atoms with Gasteiger partial charge in [0.2, 0.25) is 5.91 Å². The van der Waals surface area contributed by atoms with Crippen molar-refractivity contribution in [3.8, 4) is 0 Å². The van der Waals surface area contributed by atoms with Gasteiger partial charge in [-0.3, -0.25) is 13.8 Å². The quantitative estimate of drug-likeness (QED) is 0.0518. The lowest BCUT2D eigenvalue weighted by Gasteiger charge is -2.26. The lowest BCUT2D eigenvalue weighted by atomic mass is 10.0. The maximum atomic E-state index is 12.5. The summed E-state index contributed by atoms with van der Waals surface area (Å²) in [6.07, 6.45) is 20.1. The van der Waals surface area contributed by atoms with E-state index in [1.54, 1.807) is 0 Å². The smallest absolute Gasteiger partial charge is 0.391 e. The SMILES string of the molecule is CCCCCCCCCCCCCCC(O)C(COP(=O)(O)OCC[N+](C)(C)C)NC(=O)CCCCCCC. The van der Waals surface area contributed by atoms with Crippen LogP contribution >= 0.6 is 7.82 Å². The zero-order chi connectivity index (χ0) is 29.4. The summed E-state index contributed by atoms with van der Waals surface area (Å²) in [6, 6.07) is -0.747. The van der Waals surface area contributed by atoms with Crippen LogP contribution in [-0.4, -0.2) is 73.4 Å². The number of phosphoric ester groups is 1. The van der Waals surface area contributed by atoms with Gasteiger partial charge < -0.3 is 19.8 Å². The van der Waals surface area contributed by atoms with Crippen molar-refractivity contribution in [2.75, 3.05) is 40.9 Å². The fraction of sp³-hybridized carbons (Fsp3) is 0.967. The van der Waals surface area contributed by atoms with E-state index in [0.717, 1.165) is 51.4 Å². The number of carbonyl (C=O) groups is 1. The van der Waals surface area contributed by atoms with Gasteiger partial charge in [0.25, 0.3) is 0 Å². The fourth-order valence-electron chi connectivity index (χ4n) is 4.45. The van der Waals surface area contributed by atoms with Crippen LogP contribution in [0.3, 0.4) is 0 Å². The molecule has 234 valence electrons. The summed E-state index contributed by atoms with van der Waals surface area (Å²) in [5, 5.41) is 13.7. The molecule has 0 radical (unpaired) electrons. The Morgan fingerprint density at radius 1 is 0.769 bits per heavy atom. The number of nitrogens with zero attached hydrogens (tertiary/aromatic N) is 1. The molecular weight excluding hydrogens is 515 g/mol. The largest absolute Gasteiger partial charge is 0.472 e. The minimum absolute atomic E-state index is 0.0769. The monoisotopic (exact) mass is 579 g/mol. The topological polar surface area (TPSA) is 105 Å². The van der Waals surface area contributed by atoms with Crippen LogP contribution in [0.15, 0.2) is 0 Å². The number of hydrogen-bond acceptors (Lipinski definition) is 5. The third kappa shape index (κ3) is 26.2. The van der Waals surface area contributed by atoms with Crippen LogP contribution in [0.25, 0.3) is 0 Å². The molecule has 9 heteroatoms. The molecule has 0 aliphatic rings. The minimum atomic E-state index is -4.28. The standard InChI is InChI=1S/C30H63N2O6P/c1-6-8-10-12-13-14-15-16-17-18-20-21-23-29(33)28(31-30(34)24-22-19-11-9-7-2)27-38-39(35,36)37-26-25-32(3,4)5/h28-29,33H,6-27H2,1-5H3,(H-,31,34,35,36)/p+1. The highest BCUT2D eigenvalue weighted by molar-refractivity contribution is 7.47. The zero-order valence-corrected chi connectivity index (χ0v) is 27.0. The van der Waals surface area contributed by atoms with Crippen LogP contribution in [0.5, 0.6) is 0 Å². The van der Waals surface area contributed by atoms with Crippen molar-refractivity contribution < 1.29 is 32.9 Å². The number of amides is 1. The Hall–Kier alpha value is -0.500. The molecule has 0 saturated carbocycles. The summed E-state index contributed by atoms with van der Waals surface area (Å²) in [7, 11) is 1.61. The molecule has 1 amide bonds. The Morgan fingerprint density at radius 2 is 1.23 bits per heavy atom. The molecule has 0 aromatic carbocycles. The van der Waals surface area contributed by atoms with E-state index >= 15 is 0 Å². The highest BCUT2D eigenvalue weighted by Gasteiger charge is 2.28. The highest BCUT2D eigenvalue weighted by Crippen LogP contribution is 2.43. The molecule has 0 aromatic heterocycles. The zero-order valence-electron chi connectivity index (χ0n) is 26.1. The van der Waals surface area contributed by atoms with E-state index in [-0.39, 0.29) is 19.1 Å². The van der Waals surface area contributed by atoms with Crippen LogP contribution in [0, 0.1) is 0 Å². The first-order valence-corrected chi connectivity index (χ1v) is 17.4. The predicted octanol–water partition coefficient (Wildman–Crippen LogP) is 7.12. The summed E-state index contributed by atoms with van der Waals surface area (Å²) >= 11 is 0. The molecule has 0 aliphatic heterocycles. The molecule has 3 unspecified atom stereocenters. The van der Waals surface area contributed by atoms with Gasteiger partial charge in [0.05, 0.1) is 39.9 Å². The van der Waals surface area contributed by atoms with Gasteiger partial charge in [0.15, 0.2) is 0 Å². The van der Waals surface area contributed by atoms with Crippen LogP contribution in [0.1, 0.15) is 136 Å². The van der Waals surface area contributed by atoms with Gasteiger partial charge in [-0.25, -0.2) is 4.57 Å². The number of phosphoric acid groups is 1. The molecule has 0 aromatic rings. The second-order valence-corrected chi connectivity index (χ2v) is 13.6. The van der Waals surface area contributed by atoms with Gasteiger partial charge >= 0.3 is 7.82 Å². The van der Waals surface area contributed by atoms with E-state index in [1.807, 2.05) is 21.1 Å². The Kier molecular flexibility index (Phi) is 23.8. The first kappa shape index (κ1) is 38.5. The predicted molar refractivity (Wildman–Crippen MR) is 162 cm³/mol. The van der Waals surface area contributed by atoms with Gasteiger partial charge in [-0.05, 0) is 12.8 Å². The summed E-state index contributed by atoms with van der Waals surface area (Å²) in [5.74, 6) is -0.160. The van der Waals surface area contributed by atoms with Gasteiger partial charge in [0.1, 0.15) is 13.2 Å². The number of quaternary nitrogens is 1. The minimum Gasteiger partial charge on any atom is -0.391 e. The maximum absolute atomic E-state index is 12.5. The summed E-state index contributed by atoms with van der Waals surface area (Å²) in [5.41, 5.74) is 0. The van der Waals surface area contributed by atoms with Crippen molar-refractivity contribution in [1.82, 2.24) is 5.32 Å². The molecule has 0 aliphatic carbocycles. The first-order chi connectivity index (χ1) is 18.5. The van der Waals surface area contributed by atoms with Gasteiger partial charge in [-0.1, -0.05) is 117 Å². The lowest BCUT2D eigenvalue weighted by molar-refractivity contribution is -0.870. The second kappa shape index (κ2) is 24.1. The van der Waals surface area contributed by atoms with Crippen LogP contribution in [0.2, 0.25) is 0 Å². The van der Waals surface area contributed by atoms with Crippen LogP contribution in [-0.2, 0) is 18.4 Å². The van der Waals surface area contributed by atoms with E-state index in [1.165, 1.54) is 57.8 Å². The van der Waals surface area contributed by atoms with Crippen molar-refractivity contribution in [3.05, 3.63) is 0 Å². The number of unbranched alkanes of at least 4 members (excludes halogenated alkanes) is 15. The molecular formula is C30H64N2O6P+. The molecule has 0 fully saturated rings. The summed E-state index contributed by atoms with van der Waals surface area (Å²) in [6.45, 7) is 4.76. The first-order valence-electron chi connectivity index (χ1n) is 15.9. The van der Waals surface area contributed by atoms with Crippen molar-refractivity contribution in [1.29, 1.82) is 0 Å². The Morgan fingerprint density at radius 3 is 1.72 bits per heavy atom. The van der Waals surface area contributed by atoms with E-state index in [4.69, 9.17) is 9.05 Å². The number of aliphatic hydroxyl groups is 1. The van der Waals surface area contributed by atoms with E-state index in [0.29, 0.717) is 23.9 Å². The number of hydrogen-bond donors (Lipinski definition) is 3. The van der Waals surface area contributed by atoms with E-state index in [9.17, 15) is 19.4 Å². The number of aliphatic hydroxyl groups excluding tert-OH is 1. The Bertz CT molecular complexity index is 629. The van der Waals surface area contributed by atoms with Crippen LogP contribution < -0.4 is 5.32 Å². The lowest BCUT2D eigenvalue weighted by Crippen LogP contribution is -2.46. The van der Waals surface area contributed by atoms with Crippen LogP contribution in [0.4, 0.5) is 0 Å². The van der Waals surface area contributed by atoms with Crippen molar-refractivity contribution >= 4 is 13.7 Å². The average Bonchev–Trinajstić information content (AvgIpc) is 2.86. The molecule has 0 saturated heterocycles. The molecule has 3 N–H and O–H groups in total. The van der Waals surface area contributed by atoms with Crippen molar-refractivity contribution in [2.24, 2.45) is 0 Å². The molecule has 0 spiro atoms. The summed E-state index contributed by atoms with van der Waals surface area (Å²) in [4.78, 5) is 22.6. The number of nitrogens with one attached hydrogen (secondary N) is 1. The molecule has 0 bridgehead atoms. The molecule has 3 atom stereocenters. The number of carbonyl (C=O) groups excluding carboxylic acids is 1. The van der Waals surface area contributed by atoms with E-state index < -0.39 is 20.0 Å². The maximum Gasteiger partial charge on any atom is 0.472 e. The highest BCUT2D eigenvalue weighted by atomic mass is 31.2. The second-order valence-electron chi connectivity index (χ2n) is 12.2. The third-order valence-electron chi connectivity index (χ3n) is 7.11. The Labute approximate surface area is 240 Å². The normalized spacial score (nSPS) is 15.2. The Balaban J connectivity index is 4.48.